The van der Waals surface area contributed by atoms with E-state index in [0.29, 0.717) is 0 Å². The predicted octanol–water partition coefficient (Wildman–Crippen LogP) is 2.19. The fraction of sp³-hybridized carbons (Fsp3) is 0.100. The van der Waals surface area contributed by atoms with E-state index in [0.717, 1.165) is 16.8 Å². The lowest BCUT2D eigenvalue weighted by Gasteiger charge is -1.95. The second-order valence-electron chi connectivity index (χ2n) is 2.68. The van der Waals surface area contributed by atoms with Crippen LogP contribution in [0, 0.1) is 13.0 Å². The maximum atomic E-state index is 4.05. The first-order valence-corrected chi connectivity index (χ1v) is 3.85. The number of hydrogen-bond acceptors (Lipinski definition) is 1. The molecule has 0 aliphatic heterocycles. The molecule has 0 spiro atoms. The topological polar surface area (TPSA) is 28.7 Å². The summed E-state index contributed by atoms with van der Waals surface area (Å²) in [5.41, 5.74) is 3.32. The molecule has 59 valence electrons. The van der Waals surface area contributed by atoms with Gasteiger partial charge in [0.15, 0.2) is 0 Å². The van der Waals surface area contributed by atoms with Crippen LogP contribution in [0.25, 0.3) is 11.1 Å². The van der Waals surface area contributed by atoms with Gasteiger partial charge in [0.2, 0.25) is 0 Å². The molecule has 0 unspecified atom stereocenters. The first-order valence-electron chi connectivity index (χ1n) is 3.85. The number of H-pyrrole nitrogens is 1. The third kappa shape index (κ3) is 1.11. The molecule has 1 N–H and O–H groups in total. The van der Waals surface area contributed by atoms with E-state index in [1.54, 1.807) is 0 Å². The fourth-order valence-electron chi connectivity index (χ4n) is 1.21. The van der Waals surface area contributed by atoms with Crippen molar-refractivity contribution in [2.75, 3.05) is 0 Å². The third-order valence-electron chi connectivity index (χ3n) is 1.85. The van der Waals surface area contributed by atoms with Crippen LogP contribution in [0.3, 0.4) is 0 Å². The van der Waals surface area contributed by atoms with Crippen LogP contribution >= 0.6 is 0 Å². The van der Waals surface area contributed by atoms with Crippen molar-refractivity contribution >= 4 is 0 Å². The number of nitrogens with one attached hydrogen (secondary N) is 1. The minimum atomic E-state index is 1.02. The Balaban J connectivity index is 2.51. The minimum Gasteiger partial charge on any atom is -0.285 e. The Hall–Kier alpha value is -1.57. The van der Waals surface area contributed by atoms with Gasteiger partial charge in [0.25, 0.3) is 0 Å². The van der Waals surface area contributed by atoms with E-state index in [-0.39, 0.29) is 0 Å². The molecule has 2 rings (SSSR count). The zero-order valence-electron chi connectivity index (χ0n) is 6.83. The van der Waals surface area contributed by atoms with Crippen molar-refractivity contribution in [3.8, 4) is 11.1 Å². The van der Waals surface area contributed by atoms with E-state index in [2.05, 4.69) is 16.3 Å². The molecule has 0 saturated heterocycles. The van der Waals surface area contributed by atoms with Gasteiger partial charge >= 0.3 is 0 Å². The highest BCUT2D eigenvalue weighted by Crippen LogP contribution is 2.19. The van der Waals surface area contributed by atoms with E-state index < -0.39 is 0 Å². The Kier molecular flexibility index (Phi) is 1.67. The van der Waals surface area contributed by atoms with Crippen molar-refractivity contribution in [3.05, 3.63) is 42.2 Å². The molecule has 1 aromatic carbocycles. The lowest BCUT2D eigenvalue weighted by molar-refractivity contribution is 1.05. The van der Waals surface area contributed by atoms with Crippen LogP contribution in [0.1, 0.15) is 5.69 Å². The van der Waals surface area contributed by atoms with Gasteiger partial charge in [-0.15, -0.1) is 0 Å². The summed E-state index contributed by atoms with van der Waals surface area (Å²) in [6.45, 7) is 1.98. The molecule has 0 bridgehead atoms. The monoisotopic (exact) mass is 157 g/mol. The van der Waals surface area contributed by atoms with Crippen LogP contribution in [-0.4, -0.2) is 10.2 Å². The Morgan fingerprint density at radius 2 is 2.42 bits per heavy atom. The normalized spacial score (nSPS) is 10.1. The molecule has 0 aliphatic carbocycles. The van der Waals surface area contributed by atoms with Gasteiger partial charge in [-0.25, -0.2) is 0 Å². The van der Waals surface area contributed by atoms with Crippen molar-refractivity contribution in [1.82, 2.24) is 10.2 Å². The Labute approximate surface area is 71.3 Å². The zero-order valence-corrected chi connectivity index (χ0v) is 6.83. The first kappa shape index (κ1) is 7.10. The molecule has 2 nitrogen and oxygen atoms in total. The maximum absolute atomic E-state index is 4.05. The number of aromatic nitrogens is 2. The molecular formula is C10H9N2. The second-order valence-corrected chi connectivity index (χ2v) is 2.68. The van der Waals surface area contributed by atoms with Gasteiger partial charge in [0.1, 0.15) is 0 Å². The van der Waals surface area contributed by atoms with Gasteiger partial charge in [-0.2, -0.15) is 5.10 Å². The summed E-state index contributed by atoms with van der Waals surface area (Å²) in [5.74, 6) is 0. The van der Waals surface area contributed by atoms with Crippen LogP contribution in [0.15, 0.2) is 30.5 Å². The number of hydrogen-bond donors (Lipinski definition) is 1. The lowest BCUT2D eigenvalue weighted by Crippen LogP contribution is -1.77. The van der Waals surface area contributed by atoms with E-state index in [1.807, 2.05) is 37.4 Å². The third-order valence-corrected chi connectivity index (χ3v) is 1.85. The van der Waals surface area contributed by atoms with Crippen molar-refractivity contribution < 1.29 is 0 Å². The van der Waals surface area contributed by atoms with Crippen LogP contribution in [0.5, 0.6) is 0 Å². The summed E-state index contributed by atoms with van der Waals surface area (Å²) < 4.78 is 0. The molecule has 2 aromatic rings. The van der Waals surface area contributed by atoms with Gasteiger partial charge in [0, 0.05) is 11.8 Å². The van der Waals surface area contributed by atoms with E-state index in [4.69, 9.17) is 0 Å². The van der Waals surface area contributed by atoms with Gasteiger partial charge in [-0.1, -0.05) is 18.2 Å². The Morgan fingerprint density at radius 1 is 1.50 bits per heavy atom. The maximum Gasteiger partial charge on any atom is 0.0669 e. The van der Waals surface area contributed by atoms with Crippen molar-refractivity contribution in [2.24, 2.45) is 0 Å². The van der Waals surface area contributed by atoms with Crippen molar-refractivity contribution in [3.63, 3.8) is 0 Å². The highest BCUT2D eigenvalue weighted by atomic mass is 15.1. The largest absolute Gasteiger partial charge is 0.285 e. The quantitative estimate of drug-likeness (QED) is 0.675. The second kappa shape index (κ2) is 2.81. The van der Waals surface area contributed by atoms with Crippen LogP contribution in [-0.2, 0) is 0 Å². The molecule has 1 aromatic heterocycles. The summed E-state index contributed by atoms with van der Waals surface area (Å²) in [4.78, 5) is 0. The highest BCUT2D eigenvalue weighted by Gasteiger charge is 2.01. The minimum absolute atomic E-state index is 1.02. The average molecular weight is 157 g/mol. The molecule has 1 heterocycles. The lowest BCUT2D eigenvalue weighted by atomic mass is 10.1. The van der Waals surface area contributed by atoms with Gasteiger partial charge in [-0.3, -0.25) is 5.10 Å². The number of aromatic amines is 1. The number of nitrogens with zero attached hydrogens (tertiary/aromatic N) is 1. The SMILES string of the molecule is Cc1n[nH]cc1-c1c[c]ccc1. The summed E-state index contributed by atoms with van der Waals surface area (Å²) in [6, 6.07) is 10.9. The molecule has 0 fully saturated rings. The molecule has 0 amide bonds. The van der Waals surface area contributed by atoms with Crippen LogP contribution < -0.4 is 0 Å². The number of rotatable bonds is 1. The van der Waals surface area contributed by atoms with Crippen molar-refractivity contribution in [2.45, 2.75) is 6.92 Å². The Bertz CT molecular complexity index is 362. The molecule has 0 atom stereocenters. The molecule has 0 aliphatic rings. The summed E-state index contributed by atoms with van der Waals surface area (Å²) >= 11 is 0. The fourth-order valence-corrected chi connectivity index (χ4v) is 1.21. The van der Waals surface area contributed by atoms with Gasteiger partial charge < -0.3 is 0 Å². The highest BCUT2D eigenvalue weighted by molar-refractivity contribution is 5.64. The summed E-state index contributed by atoms with van der Waals surface area (Å²) in [6.07, 6.45) is 1.90. The predicted molar refractivity (Wildman–Crippen MR) is 47.6 cm³/mol. The molecular weight excluding hydrogens is 148 g/mol. The average Bonchev–Trinajstić information content (AvgIpc) is 2.53. The standard InChI is InChI=1S/C10H9N2/c1-8-10(7-11-12-8)9-5-3-2-4-6-9/h2-3,5-7H,1H3,(H,11,12). The smallest absolute Gasteiger partial charge is 0.0669 e. The Morgan fingerprint density at radius 3 is 3.00 bits per heavy atom. The van der Waals surface area contributed by atoms with Crippen molar-refractivity contribution in [1.29, 1.82) is 0 Å². The van der Waals surface area contributed by atoms with E-state index in [1.165, 1.54) is 0 Å². The molecule has 12 heavy (non-hydrogen) atoms. The summed E-state index contributed by atoms with van der Waals surface area (Å²) in [7, 11) is 0. The first-order chi connectivity index (χ1) is 5.88. The van der Waals surface area contributed by atoms with Gasteiger partial charge in [-0.05, 0) is 24.6 Å². The molecule has 0 saturated carbocycles. The molecule has 1 radical (unpaired) electrons. The van der Waals surface area contributed by atoms with E-state index in [9.17, 15) is 0 Å². The van der Waals surface area contributed by atoms with Gasteiger partial charge in [0.05, 0.1) is 5.69 Å². The number of aryl methyl sites for hydroxylation is 1. The van der Waals surface area contributed by atoms with Crippen LogP contribution in [0.4, 0.5) is 0 Å². The zero-order chi connectivity index (χ0) is 8.39. The molecule has 2 heteroatoms. The van der Waals surface area contributed by atoms with E-state index >= 15 is 0 Å². The number of benzene rings is 1. The van der Waals surface area contributed by atoms with Crippen LogP contribution in [0.2, 0.25) is 0 Å². The summed E-state index contributed by atoms with van der Waals surface area (Å²) in [5, 5.41) is 6.89.